The molecule has 0 unspecified atom stereocenters. The van der Waals surface area contributed by atoms with Gasteiger partial charge in [0.2, 0.25) is 0 Å². The van der Waals surface area contributed by atoms with Crippen molar-refractivity contribution < 1.29 is 23.8 Å². The summed E-state index contributed by atoms with van der Waals surface area (Å²) in [4.78, 5) is 29.0. The predicted octanol–water partition coefficient (Wildman–Crippen LogP) is 4.89. The highest BCUT2D eigenvalue weighted by atomic mass is 79.9. The number of hydrogen-bond donors (Lipinski definition) is 0. The van der Waals surface area contributed by atoms with Crippen LogP contribution >= 0.6 is 15.9 Å². The lowest BCUT2D eigenvalue weighted by Crippen LogP contribution is -2.47. The van der Waals surface area contributed by atoms with E-state index in [0.29, 0.717) is 50.8 Å². The molecule has 0 N–H and O–H groups in total. The zero-order valence-electron chi connectivity index (χ0n) is 20.1. The van der Waals surface area contributed by atoms with Crippen molar-refractivity contribution in [2.75, 3.05) is 46.5 Å². The van der Waals surface area contributed by atoms with E-state index in [1.54, 1.807) is 22.9 Å². The molecule has 1 fully saturated rings. The molecule has 1 spiro atoms. The molecule has 0 saturated carbocycles. The number of fused-ring (bicyclic) bond motifs is 1. The van der Waals surface area contributed by atoms with Crippen molar-refractivity contribution in [2.24, 2.45) is 5.41 Å². The Morgan fingerprint density at radius 3 is 2.58 bits per heavy atom. The Balaban J connectivity index is 1.79. The summed E-state index contributed by atoms with van der Waals surface area (Å²) in [6.45, 7) is 8.79. The molecule has 2 amide bonds. The zero-order valence-corrected chi connectivity index (χ0v) is 21.7. The topological polar surface area (TPSA) is 68.3 Å². The molecule has 33 heavy (non-hydrogen) atoms. The Kier molecular flexibility index (Phi) is 8.45. The molecule has 0 aromatic heterocycles. The second kappa shape index (κ2) is 10.9. The fraction of sp³-hybridized carbons (Fsp3) is 0.600. The third-order valence-corrected chi connectivity index (χ3v) is 6.52. The molecule has 7 nitrogen and oxygen atoms in total. The Hall–Kier alpha value is -2.06. The predicted molar refractivity (Wildman–Crippen MR) is 131 cm³/mol. The Bertz CT molecular complexity index is 872. The summed E-state index contributed by atoms with van der Waals surface area (Å²) in [5.74, 6) is 0.474. The van der Waals surface area contributed by atoms with Crippen molar-refractivity contribution >= 4 is 27.9 Å². The minimum Gasteiger partial charge on any atom is -0.492 e. The first-order chi connectivity index (χ1) is 15.6. The molecule has 2 heterocycles. The lowest BCUT2D eigenvalue weighted by molar-refractivity contribution is 0.00272. The number of piperidine rings is 1. The first-order valence-corrected chi connectivity index (χ1v) is 12.3. The number of rotatable bonds is 0. The normalized spacial score (nSPS) is 21.1. The number of halogens is 1. The summed E-state index contributed by atoms with van der Waals surface area (Å²) in [7, 11) is 1.77. The van der Waals surface area contributed by atoms with Crippen LogP contribution < -0.4 is 4.74 Å². The average Bonchev–Trinajstić information content (AvgIpc) is 2.75. The SMILES string of the molecule is CN1CCOC/C=C/CC2(CCN(C(=O)OC(C)(C)C)CC2)COc2ccc(Br)cc2C1=O. The van der Waals surface area contributed by atoms with Crippen LogP contribution in [0.25, 0.3) is 0 Å². The Labute approximate surface area is 205 Å². The lowest BCUT2D eigenvalue weighted by atomic mass is 9.76. The van der Waals surface area contributed by atoms with Crippen molar-refractivity contribution in [1.29, 1.82) is 0 Å². The van der Waals surface area contributed by atoms with Gasteiger partial charge in [0.15, 0.2) is 0 Å². The molecule has 2 aliphatic rings. The van der Waals surface area contributed by atoms with Crippen molar-refractivity contribution in [2.45, 2.75) is 45.6 Å². The van der Waals surface area contributed by atoms with E-state index >= 15 is 0 Å². The second-order valence-electron chi connectivity index (χ2n) is 9.87. The number of likely N-dealkylation sites (N-methyl/N-ethyl adjacent to an activating group) is 1. The minimum absolute atomic E-state index is 0.101. The molecule has 1 aromatic rings. The van der Waals surface area contributed by atoms with Gasteiger partial charge in [-0.05, 0) is 58.2 Å². The summed E-state index contributed by atoms with van der Waals surface area (Å²) >= 11 is 3.47. The molecule has 0 atom stereocenters. The van der Waals surface area contributed by atoms with Crippen LogP contribution in [0.1, 0.15) is 50.4 Å². The van der Waals surface area contributed by atoms with Crippen molar-refractivity contribution in [3.8, 4) is 5.75 Å². The molecule has 2 aliphatic heterocycles. The van der Waals surface area contributed by atoms with Crippen molar-refractivity contribution in [3.63, 3.8) is 0 Å². The van der Waals surface area contributed by atoms with Gasteiger partial charge >= 0.3 is 6.09 Å². The Morgan fingerprint density at radius 1 is 1.15 bits per heavy atom. The van der Waals surface area contributed by atoms with Crippen LogP contribution in [0.15, 0.2) is 34.8 Å². The summed E-state index contributed by atoms with van der Waals surface area (Å²) in [6, 6.07) is 5.53. The number of nitrogens with zero attached hydrogens (tertiary/aromatic N) is 2. The number of allylic oxidation sites excluding steroid dienone is 1. The van der Waals surface area contributed by atoms with E-state index < -0.39 is 5.60 Å². The number of amides is 2. The van der Waals surface area contributed by atoms with E-state index in [1.165, 1.54) is 0 Å². The molecule has 1 aromatic carbocycles. The summed E-state index contributed by atoms with van der Waals surface area (Å²) < 4.78 is 18.4. The smallest absolute Gasteiger partial charge is 0.410 e. The van der Waals surface area contributed by atoms with E-state index in [2.05, 4.69) is 22.0 Å². The summed E-state index contributed by atoms with van der Waals surface area (Å²) in [5, 5.41) is 0. The highest BCUT2D eigenvalue weighted by Gasteiger charge is 2.37. The van der Waals surface area contributed by atoms with E-state index in [9.17, 15) is 9.59 Å². The van der Waals surface area contributed by atoms with E-state index in [0.717, 1.165) is 23.7 Å². The molecule has 0 radical (unpaired) electrons. The zero-order chi connectivity index (χ0) is 24.1. The molecule has 8 heteroatoms. The summed E-state index contributed by atoms with van der Waals surface area (Å²) in [5.41, 5.74) is -0.126. The fourth-order valence-electron chi connectivity index (χ4n) is 3.98. The van der Waals surface area contributed by atoms with Crippen LogP contribution in [0.3, 0.4) is 0 Å². The maximum Gasteiger partial charge on any atom is 0.410 e. The maximum atomic E-state index is 13.1. The minimum atomic E-state index is -0.514. The lowest BCUT2D eigenvalue weighted by Gasteiger charge is -2.41. The van der Waals surface area contributed by atoms with Crippen LogP contribution in [-0.4, -0.2) is 73.9 Å². The highest BCUT2D eigenvalue weighted by molar-refractivity contribution is 9.10. The van der Waals surface area contributed by atoms with Gasteiger partial charge < -0.3 is 24.0 Å². The highest BCUT2D eigenvalue weighted by Crippen LogP contribution is 2.37. The first kappa shape index (κ1) is 25.6. The van der Waals surface area contributed by atoms with E-state index in [1.807, 2.05) is 39.0 Å². The second-order valence-corrected chi connectivity index (χ2v) is 10.8. The standard InChI is InChI=1S/C25H35BrN2O5/c1-24(2,3)33-23(30)28-12-10-25(11-13-28)9-5-6-15-31-16-14-27(4)22(29)20-17-19(26)7-8-21(20)32-18-25/h5-8,17H,9-16,18H2,1-4H3/b6-5+. The van der Waals surface area contributed by atoms with Crippen molar-refractivity contribution in [3.05, 3.63) is 40.4 Å². The number of likely N-dealkylation sites (tertiary alicyclic amines) is 1. The molecule has 0 aliphatic carbocycles. The molecule has 3 rings (SSSR count). The van der Waals surface area contributed by atoms with Gasteiger partial charge in [-0.1, -0.05) is 28.1 Å². The third kappa shape index (κ3) is 7.21. The van der Waals surface area contributed by atoms with E-state index in [4.69, 9.17) is 14.2 Å². The van der Waals surface area contributed by atoms with Gasteiger partial charge in [-0.3, -0.25) is 4.79 Å². The average molecular weight is 523 g/mol. The van der Waals surface area contributed by atoms with Gasteiger partial charge in [-0.15, -0.1) is 0 Å². The quantitative estimate of drug-likeness (QED) is 0.453. The number of benzene rings is 1. The number of carbonyl (C=O) groups is 2. The monoisotopic (exact) mass is 522 g/mol. The van der Waals surface area contributed by atoms with Crippen LogP contribution in [0.4, 0.5) is 4.79 Å². The van der Waals surface area contributed by atoms with Gasteiger partial charge in [0.05, 0.1) is 25.4 Å². The Morgan fingerprint density at radius 2 is 1.88 bits per heavy atom. The van der Waals surface area contributed by atoms with Gasteiger partial charge in [0.25, 0.3) is 5.91 Å². The van der Waals surface area contributed by atoms with E-state index in [-0.39, 0.29) is 17.4 Å². The van der Waals surface area contributed by atoms with Crippen LogP contribution in [0.5, 0.6) is 5.75 Å². The van der Waals surface area contributed by atoms with Crippen LogP contribution in [0, 0.1) is 5.41 Å². The fourth-order valence-corrected chi connectivity index (χ4v) is 4.35. The van der Waals surface area contributed by atoms with Crippen LogP contribution in [0.2, 0.25) is 0 Å². The number of hydrogen-bond acceptors (Lipinski definition) is 5. The van der Waals surface area contributed by atoms with Gasteiger partial charge in [0.1, 0.15) is 11.4 Å². The molecule has 0 bridgehead atoms. The van der Waals surface area contributed by atoms with Gasteiger partial charge in [0, 0.05) is 36.6 Å². The van der Waals surface area contributed by atoms with Gasteiger partial charge in [-0.2, -0.15) is 0 Å². The third-order valence-electron chi connectivity index (χ3n) is 6.03. The van der Waals surface area contributed by atoms with Gasteiger partial charge in [-0.25, -0.2) is 4.79 Å². The molecule has 182 valence electrons. The maximum absolute atomic E-state index is 13.1. The summed E-state index contributed by atoms with van der Waals surface area (Å²) in [6.07, 6.45) is 6.30. The first-order valence-electron chi connectivity index (χ1n) is 11.5. The van der Waals surface area contributed by atoms with Crippen LogP contribution in [-0.2, 0) is 9.47 Å². The molecular formula is C25H35BrN2O5. The molecule has 1 saturated heterocycles. The number of ether oxygens (including phenoxy) is 3. The largest absolute Gasteiger partial charge is 0.492 e. The van der Waals surface area contributed by atoms with Crippen molar-refractivity contribution in [1.82, 2.24) is 9.80 Å². The molecular weight excluding hydrogens is 488 g/mol. The number of carbonyl (C=O) groups excluding carboxylic acids is 2.